The number of ether oxygens (including phenoxy) is 1. The summed E-state index contributed by atoms with van der Waals surface area (Å²) in [7, 11) is 0. The first-order chi connectivity index (χ1) is 10.6. The topological polar surface area (TPSA) is 60.8 Å². The minimum atomic E-state index is -0.887. The maximum Gasteiger partial charge on any atom is 0.374 e. The summed E-state index contributed by atoms with van der Waals surface area (Å²) in [4.78, 5) is 20.4. The average molecular weight is 339 g/mol. The summed E-state index contributed by atoms with van der Waals surface area (Å²) >= 11 is 11.8. The van der Waals surface area contributed by atoms with E-state index in [0.29, 0.717) is 21.4 Å². The Morgan fingerprint density at radius 3 is 2.91 bits per heavy atom. The molecule has 1 unspecified atom stereocenters. The molecule has 0 bridgehead atoms. The van der Waals surface area contributed by atoms with Crippen molar-refractivity contribution in [3.8, 4) is 5.75 Å². The molecular weight excluding hydrogens is 327 g/mol. The van der Waals surface area contributed by atoms with Crippen LogP contribution in [0.1, 0.15) is 12.5 Å². The van der Waals surface area contributed by atoms with Crippen molar-refractivity contribution >= 4 is 35.4 Å². The zero-order chi connectivity index (χ0) is 15.9. The van der Waals surface area contributed by atoms with Gasteiger partial charge in [-0.05, 0) is 25.1 Å². The number of carbonyl (C=O) groups excluding carboxylic acids is 1. The van der Waals surface area contributed by atoms with Crippen molar-refractivity contribution in [2.75, 3.05) is 0 Å². The van der Waals surface area contributed by atoms with Crippen molar-refractivity contribution in [3.05, 3.63) is 58.3 Å². The van der Waals surface area contributed by atoms with Crippen LogP contribution in [0.4, 0.5) is 0 Å². The van der Waals surface area contributed by atoms with E-state index >= 15 is 0 Å². The van der Waals surface area contributed by atoms with Crippen LogP contribution in [0.15, 0.2) is 47.9 Å². The highest BCUT2D eigenvalue weighted by molar-refractivity contribution is 6.34. The molecule has 1 aromatic carbocycles. The maximum absolute atomic E-state index is 11.8. The Balaban J connectivity index is 1.92. The molecule has 0 amide bonds. The number of carbonyl (C=O) groups is 1. The van der Waals surface area contributed by atoms with Crippen molar-refractivity contribution in [1.82, 2.24) is 4.98 Å². The van der Waals surface area contributed by atoms with Gasteiger partial charge in [0.1, 0.15) is 5.75 Å². The molecule has 22 heavy (non-hydrogen) atoms. The van der Waals surface area contributed by atoms with Crippen molar-refractivity contribution in [1.29, 1.82) is 0 Å². The quantitative estimate of drug-likeness (QED) is 0.473. The Hall–Kier alpha value is -2.11. The molecule has 0 spiro atoms. The number of hydrogen-bond acceptors (Lipinski definition) is 5. The van der Waals surface area contributed by atoms with Crippen LogP contribution >= 0.6 is 23.2 Å². The number of aromatic nitrogens is 1. The molecule has 2 rings (SSSR count). The van der Waals surface area contributed by atoms with E-state index in [0.717, 1.165) is 0 Å². The van der Waals surface area contributed by atoms with Crippen LogP contribution in [0, 0.1) is 0 Å². The average Bonchev–Trinajstić information content (AvgIpc) is 2.52. The lowest BCUT2D eigenvalue weighted by Crippen LogP contribution is -2.24. The third kappa shape index (κ3) is 4.72. The molecule has 0 aliphatic rings. The van der Waals surface area contributed by atoms with Gasteiger partial charge in [0.2, 0.25) is 0 Å². The Labute approximate surface area is 137 Å². The molecule has 1 atom stereocenters. The molecule has 7 heteroatoms. The standard InChI is InChI=1S/C15H12Cl2N2O3/c1-10(21-14-7-12(16)4-5-13(14)17)15(20)22-19-9-11-3-2-6-18-8-11/h2-10H,1H3/b19-9+. The summed E-state index contributed by atoms with van der Waals surface area (Å²) in [6.45, 7) is 1.53. The summed E-state index contributed by atoms with van der Waals surface area (Å²) in [5.41, 5.74) is 0.710. The molecule has 0 N–H and O–H groups in total. The third-order valence-electron chi connectivity index (χ3n) is 2.56. The Kier molecular flexibility index (Phi) is 5.75. The molecular formula is C15H12Cl2N2O3. The SMILES string of the molecule is CC(Oc1cc(Cl)ccc1Cl)C(=O)O/N=C/c1cccnc1. The predicted molar refractivity (Wildman–Crippen MR) is 84.5 cm³/mol. The highest BCUT2D eigenvalue weighted by Crippen LogP contribution is 2.28. The van der Waals surface area contributed by atoms with Crippen molar-refractivity contribution < 1.29 is 14.4 Å². The fraction of sp³-hybridized carbons (Fsp3) is 0.133. The van der Waals surface area contributed by atoms with Crippen molar-refractivity contribution in [2.24, 2.45) is 5.16 Å². The van der Waals surface area contributed by atoms with E-state index in [1.54, 1.807) is 36.7 Å². The van der Waals surface area contributed by atoms with Crippen molar-refractivity contribution in [3.63, 3.8) is 0 Å². The van der Waals surface area contributed by atoms with Gasteiger partial charge >= 0.3 is 5.97 Å². The Morgan fingerprint density at radius 2 is 2.18 bits per heavy atom. The zero-order valence-corrected chi connectivity index (χ0v) is 13.1. The molecule has 0 aliphatic heterocycles. The normalized spacial score (nSPS) is 12.1. The van der Waals surface area contributed by atoms with Crippen LogP contribution in [0.3, 0.4) is 0 Å². The lowest BCUT2D eigenvalue weighted by molar-refractivity contribution is -0.151. The lowest BCUT2D eigenvalue weighted by atomic mass is 10.3. The van der Waals surface area contributed by atoms with Gasteiger partial charge in [0, 0.05) is 29.0 Å². The second-order valence-corrected chi connectivity index (χ2v) is 5.11. The third-order valence-corrected chi connectivity index (χ3v) is 3.11. The molecule has 1 heterocycles. The van der Waals surface area contributed by atoms with E-state index in [2.05, 4.69) is 10.1 Å². The molecule has 1 aromatic heterocycles. The van der Waals surface area contributed by atoms with E-state index in [4.69, 9.17) is 32.8 Å². The summed E-state index contributed by atoms with van der Waals surface area (Å²) in [6.07, 6.45) is 3.71. The number of rotatable bonds is 5. The minimum absolute atomic E-state index is 0.301. The van der Waals surface area contributed by atoms with Crippen molar-refractivity contribution in [2.45, 2.75) is 13.0 Å². The molecule has 114 valence electrons. The fourth-order valence-electron chi connectivity index (χ4n) is 1.47. The lowest BCUT2D eigenvalue weighted by Gasteiger charge is -2.13. The van der Waals surface area contributed by atoms with Crippen LogP contribution < -0.4 is 4.74 Å². The van der Waals surface area contributed by atoms with E-state index in [-0.39, 0.29) is 0 Å². The van der Waals surface area contributed by atoms with Crippen LogP contribution in [0.2, 0.25) is 10.0 Å². The van der Waals surface area contributed by atoms with Gasteiger partial charge in [-0.2, -0.15) is 0 Å². The van der Waals surface area contributed by atoms with Crippen LogP contribution in [0.25, 0.3) is 0 Å². The van der Waals surface area contributed by atoms with Gasteiger partial charge in [0.15, 0.2) is 6.10 Å². The molecule has 0 aliphatic carbocycles. The fourth-order valence-corrected chi connectivity index (χ4v) is 1.80. The van der Waals surface area contributed by atoms with Gasteiger partial charge in [-0.3, -0.25) is 4.98 Å². The minimum Gasteiger partial charge on any atom is -0.477 e. The van der Waals surface area contributed by atoms with Gasteiger partial charge in [0.25, 0.3) is 0 Å². The zero-order valence-electron chi connectivity index (χ0n) is 11.6. The molecule has 0 radical (unpaired) electrons. The van der Waals surface area contributed by atoms with E-state index in [1.807, 2.05) is 0 Å². The summed E-state index contributed by atoms with van der Waals surface area (Å²) in [5, 5.41) is 4.39. The highest BCUT2D eigenvalue weighted by Gasteiger charge is 2.18. The van der Waals surface area contributed by atoms with Crippen LogP contribution in [-0.2, 0) is 9.63 Å². The monoisotopic (exact) mass is 338 g/mol. The molecule has 5 nitrogen and oxygen atoms in total. The maximum atomic E-state index is 11.8. The molecule has 0 saturated heterocycles. The summed E-state index contributed by atoms with van der Waals surface area (Å²) in [5.74, 6) is -0.356. The van der Waals surface area contributed by atoms with Gasteiger partial charge in [-0.25, -0.2) is 4.79 Å². The first-order valence-corrected chi connectivity index (χ1v) is 7.08. The highest BCUT2D eigenvalue weighted by atomic mass is 35.5. The van der Waals surface area contributed by atoms with E-state index in [9.17, 15) is 4.79 Å². The van der Waals surface area contributed by atoms with E-state index < -0.39 is 12.1 Å². The molecule has 0 fully saturated rings. The Morgan fingerprint density at radius 1 is 1.36 bits per heavy atom. The molecule has 0 saturated carbocycles. The molecule has 2 aromatic rings. The number of hydrogen-bond donors (Lipinski definition) is 0. The largest absolute Gasteiger partial charge is 0.477 e. The first-order valence-electron chi connectivity index (χ1n) is 6.32. The van der Waals surface area contributed by atoms with Gasteiger partial charge in [-0.15, -0.1) is 0 Å². The number of benzene rings is 1. The van der Waals surface area contributed by atoms with Gasteiger partial charge in [-0.1, -0.05) is 34.4 Å². The van der Waals surface area contributed by atoms with Crippen LogP contribution in [0.5, 0.6) is 5.75 Å². The predicted octanol–water partition coefficient (Wildman–Crippen LogP) is 3.73. The smallest absolute Gasteiger partial charge is 0.374 e. The summed E-state index contributed by atoms with van der Waals surface area (Å²) < 4.78 is 5.41. The van der Waals surface area contributed by atoms with Crippen LogP contribution in [-0.4, -0.2) is 23.3 Å². The second kappa shape index (κ2) is 7.77. The van der Waals surface area contributed by atoms with E-state index in [1.165, 1.54) is 19.2 Å². The first kappa shape index (κ1) is 16.3. The summed E-state index contributed by atoms with van der Waals surface area (Å²) in [6, 6.07) is 8.24. The number of pyridine rings is 1. The number of nitrogens with zero attached hydrogens (tertiary/aromatic N) is 2. The number of halogens is 2. The second-order valence-electron chi connectivity index (χ2n) is 4.27. The Bertz CT molecular complexity index is 678. The van der Waals surface area contributed by atoms with Gasteiger partial charge < -0.3 is 9.57 Å². The van der Waals surface area contributed by atoms with Gasteiger partial charge in [0.05, 0.1) is 11.2 Å². The number of oxime groups is 1.